The van der Waals surface area contributed by atoms with Crippen LogP contribution >= 0.6 is 0 Å². The fourth-order valence-electron chi connectivity index (χ4n) is 2.67. The number of urea groups is 1. The van der Waals surface area contributed by atoms with Crippen molar-refractivity contribution in [3.05, 3.63) is 0 Å². The van der Waals surface area contributed by atoms with Crippen LogP contribution in [-0.2, 0) is 4.79 Å². The first kappa shape index (κ1) is 16.1. The fourth-order valence-corrected chi connectivity index (χ4v) is 2.67. The Bertz CT molecular complexity index is 359. The van der Waals surface area contributed by atoms with Crippen molar-refractivity contribution in [3.63, 3.8) is 0 Å². The number of nitrogens with zero attached hydrogens (tertiary/aromatic N) is 3. The Morgan fingerprint density at radius 1 is 1.05 bits per heavy atom. The van der Waals surface area contributed by atoms with Gasteiger partial charge in [-0.1, -0.05) is 0 Å². The third kappa shape index (κ3) is 4.59. The molecular formula is C15H28N4O2. The largest absolute Gasteiger partial charge is 0.339 e. The van der Waals surface area contributed by atoms with E-state index in [2.05, 4.69) is 5.32 Å². The highest BCUT2D eigenvalue weighted by Gasteiger charge is 2.26. The number of hydrogen-bond donors (Lipinski definition) is 1. The lowest BCUT2D eigenvalue weighted by molar-refractivity contribution is -0.132. The molecule has 6 nitrogen and oxygen atoms in total. The zero-order valence-corrected chi connectivity index (χ0v) is 13.3. The Labute approximate surface area is 127 Å². The molecule has 0 atom stereocenters. The van der Waals surface area contributed by atoms with Crippen LogP contribution < -0.4 is 5.32 Å². The van der Waals surface area contributed by atoms with Crippen LogP contribution in [0.4, 0.5) is 4.79 Å². The second kappa shape index (κ2) is 7.64. The summed E-state index contributed by atoms with van der Waals surface area (Å²) in [5.74, 6) is 0.207. The first-order valence-corrected chi connectivity index (χ1v) is 8.20. The molecule has 1 heterocycles. The summed E-state index contributed by atoms with van der Waals surface area (Å²) in [5.41, 5.74) is 0. The number of carbonyl (C=O) groups excluding carboxylic acids is 2. The van der Waals surface area contributed by atoms with Crippen LogP contribution in [0.1, 0.15) is 33.1 Å². The predicted molar refractivity (Wildman–Crippen MR) is 82.1 cm³/mol. The monoisotopic (exact) mass is 296 g/mol. The minimum absolute atomic E-state index is 0.0995. The minimum Gasteiger partial charge on any atom is -0.339 e. The van der Waals surface area contributed by atoms with E-state index in [1.165, 1.54) is 12.8 Å². The van der Waals surface area contributed by atoms with Crippen molar-refractivity contribution >= 4 is 11.9 Å². The van der Waals surface area contributed by atoms with Crippen molar-refractivity contribution in [3.8, 4) is 0 Å². The molecule has 1 saturated heterocycles. The lowest BCUT2D eigenvalue weighted by Gasteiger charge is -2.37. The number of hydrogen-bond acceptors (Lipinski definition) is 3. The molecule has 0 aromatic rings. The van der Waals surface area contributed by atoms with Crippen LogP contribution in [0.5, 0.6) is 0 Å². The summed E-state index contributed by atoms with van der Waals surface area (Å²) in [7, 11) is 0. The number of rotatable bonds is 6. The molecule has 0 aromatic heterocycles. The van der Waals surface area contributed by atoms with Gasteiger partial charge in [-0.15, -0.1) is 0 Å². The summed E-state index contributed by atoms with van der Waals surface area (Å²) in [6.45, 7) is 8.87. The normalized spacial score (nSPS) is 18.8. The Kier molecular flexibility index (Phi) is 5.85. The molecule has 21 heavy (non-hydrogen) atoms. The van der Waals surface area contributed by atoms with Gasteiger partial charge in [0.1, 0.15) is 0 Å². The fraction of sp³-hybridized carbons (Fsp3) is 0.867. The van der Waals surface area contributed by atoms with E-state index in [1.54, 1.807) is 0 Å². The molecule has 0 unspecified atom stereocenters. The number of amides is 3. The van der Waals surface area contributed by atoms with Gasteiger partial charge in [0.2, 0.25) is 5.91 Å². The van der Waals surface area contributed by atoms with Gasteiger partial charge in [-0.05, 0) is 26.7 Å². The molecule has 1 N–H and O–H groups in total. The average Bonchev–Trinajstić information content (AvgIpc) is 3.32. The van der Waals surface area contributed by atoms with Crippen LogP contribution in [0.15, 0.2) is 0 Å². The summed E-state index contributed by atoms with van der Waals surface area (Å²) >= 11 is 0. The zero-order valence-electron chi connectivity index (χ0n) is 13.3. The van der Waals surface area contributed by atoms with Gasteiger partial charge < -0.3 is 20.0 Å². The van der Waals surface area contributed by atoms with Gasteiger partial charge in [0.25, 0.3) is 0 Å². The summed E-state index contributed by atoms with van der Waals surface area (Å²) in [5, 5.41) is 3.37. The second-order valence-electron chi connectivity index (χ2n) is 5.80. The predicted octanol–water partition coefficient (Wildman–Crippen LogP) is 0.735. The third-order valence-corrected chi connectivity index (χ3v) is 4.29. The maximum atomic E-state index is 12.2. The van der Waals surface area contributed by atoms with Gasteiger partial charge in [0, 0.05) is 58.3 Å². The van der Waals surface area contributed by atoms with Gasteiger partial charge in [0.05, 0.1) is 0 Å². The van der Waals surface area contributed by atoms with E-state index in [9.17, 15) is 9.59 Å². The van der Waals surface area contributed by atoms with Gasteiger partial charge in [0.15, 0.2) is 0 Å². The minimum atomic E-state index is 0.0995. The lowest BCUT2D eigenvalue weighted by Crippen LogP contribution is -2.54. The van der Waals surface area contributed by atoms with Crippen molar-refractivity contribution in [2.45, 2.75) is 39.2 Å². The molecule has 0 bridgehead atoms. The summed E-state index contributed by atoms with van der Waals surface area (Å²) in [6.07, 6.45) is 3.07. The van der Waals surface area contributed by atoms with E-state index in [0.717, 1.165) is 19.6 Å². The molecule has 2 fully saturated rings. The molecule has 2 rings (SSSR count). The maximum absolute atomic E-state index is 12.2. The van der Waals surface area contributed by atoms with Crippen LogP contribution in [-0.4, -0.2) is 78.5 Å². The van der Waals surface area contributed by atoms with Gasteiger partial charge in [-0.2, -0.15) is 0 Å². The van der Waals surface area contributed by atoms with E-state index in [4.69, 9.17) is 0 Å². The van der Waals surface area contributed by atoms with E-state index >= 15 is 0 Å². The molecule has 6 heteroatoms. The molecule has 0 spiro atoms. The zero-order chi connectivity index (χ0) is 15.2. The van der Waals surface area contributed by atoms with Crippen molar-refractivity contribution in [1.29, 1.82) is 0 Å². The van der Waals surface area contributed by atoms with E-state index in [1.807, 2.05) is 28.5 Å². The van der Waals surface area contributed by atoms with Crippen molar-refractivity contribution in [2.24, 2.45) is 0 Å². The van der Waals surface area contributed by atoms with Crippen molar-refractivity contribution in [1.82, 2.24) is 20.0 Å². The summed E-state index contributed by atoms with van der Waals surface area (Å²) in [4.78, 5) is 29.9. The maximum Gasteiger partial charge on any atom is 0.320 e. The molecular weight excluding hydrogens is 268 g/mol. The van der Waals surface area contributed by atoms with E-state index < -0.39 is 0 Å². The Morgan fingerprint density at radius 3 is 2.14 bits per heavy atom. The lowest BCUT2D eigenvalue weighted by atomic mass is 10.2. The molecule has 3 amide bonds. The molecule has 1 aliphatic carbocycles. The van der Waals surface area contributed by atoms with Gasteiger partial charge in [-0.25, -0.2) is 4.79 Å². The first-order valence-electron chi connectivity index (χ1n) is 8.20. The topological polar surface area (TPSA) is 55.9 Å². The van der Waals surface area contributed by atoms with Crippen LogP contribution in [0.25, 0.3) is 0 Å². The first-order chi connectivity index (χ1) is 10.2. The highest BCUT2D eigenvalue weighted by Crippen LogP contribution is 2.18. The standard InChI is InChI=1S/C15H28N4O2/c1-3-17(4-2)15(21)19-11-9-18(10-12-19)14(20)7-8-16-13-5-6-13/h13,16H,3-12H2,1-2H3. The molecule has 120 valence electrons. The van der Waals surface area contributed by atoms with Gasteiger partial charge in [-0.3, -0.25) is 4.79 Å². The van der Waals surface area contributed by atoms with Crippen molar-refractivity contribution in [2.75, 3.05) is 45.8 Å². The van der Waals surface area contributed by atoms with E-state index in [-0.39, 0.29) is 11.9 Å². The van der Waals surface area contributed by atoms with Gasteiger partial charge >= 0.3 is 6.03 Å². The Balaban J connectivity index is 1.69. The molecule has 0 radical (unpaired) electrons. The van der Waals surface area contributed by atoms with Crippen LogP contribution in [0.2, 0.25) is 0 Å². The number of carbonyl (C=O) groups is 2. The molecule has 0 aromatic carbocycles. The third-order valence-electron chi connectivity index (χ3n) is 4.29. The molecule has 1 saturated carbocycles. The highest BCUT2D eigenvalue weighted by atomic mass is 16.2. The highest BCUT2D eigenvalue weighted by molar-refractivity contribution is 5.78. The SMILES string of the molecule is CCN(CC)C(=O)N1CCN(C(=O)CCNC2CC2)CC1. The van der Waals surface area contributed by atoms with Crippen molar-refractivity contribution < 1.29 is 9.59 Å². The second-order valence-corrected chi connectivity index (χ2v) is 5.80. The smallest absolute Gasteiger partial charge is 0.320 e. The Morgan fingerprint density at radius 2 is 1.62 bits per heavy atom. The van der Waals surface area contributed by atoms with Crippen LogP contribution in [0.3, 0.4) is 0 Å². The summed E-state index contributed by atoms with van der Waals surface area (Å²) in [6, 6.07) is 0.754. The number of piperazine rings is 1. The molecule has 2 aliphatic rings. The molecule has 1 aliphatic heterocycles. The quantitative estimate of drug-likeness (QED) is 0.786. The summed E-state index contributed by atoms with van der Waals surface area (Å²) < 4.78 is 0. The Hall–Kier alpha value is -1.30. The number of nitrogens with one attached hydrogen (secondary N) is 1. The van der Waals surface area contributed by atoms with E-state index in [0.29, 0.717) is 38.6 Å². The van der Waals surface area contributed by atoms with Crippen LogP contribution in [0, 0.1) is 0 Å². The average molecular weight is 296 g/mol.